The number of nitrogens with one attached hydrogen (secondary N) is 1. The van der Waals surface area contributed by atoms with E-state index in [1.807, 2.05) is 0 Å². The molecule has 18 heavy (non-hydrogen) atoms. The summed E-state index contributed by atoms with van der Waals surface area (Å²) in [6.45, 7) is 3.86. The van der Waals surface area contributed by atoms with Gasteiger partial charge in [0.1, 0.15) is 0 Å². The number of hydrogen-bond donors (Lipinski definition) is 2. The van der Waals surface area contributed by atoms with Crippen LogP contribution in [0.2, 0.25) is 0 Å². The van der Waals surface area contributed by atoms with Gasteiger partial charge in [0.15, 0.2) is 0 Å². The van der Waals surface area contributed by atoms with E-state index in [4.69, 9.17) is 10.5 Å². The molecule has 1 saturated carbocycles. The van der Waals surface area contributed by atoms with Crippen LogP contribution in [0.4, 0.5) is 0 Å². The molecule has 3 heteroatoms. The molecule has 0 radical (unpaired) electrons. The zero-order chi connectivity index (χ0) is 13.0. The topological polar surface area (TPSA) is 47.3 Å². The number of aryl methyl sites for hydroxylation is 2. The fraction of sp³-hybridized carbons (Fsp3) is 0.600. The molecule has 1 aromatic carbocycles. The molecule has 1 aliphatic rings. The molecule has 0 bridgehead atoms. The van der Waals surface area contributed by atoms with E-state index in [2.05, 4.69) is 30.4 Å². The molecular weight excluding hydrogens is 224 g/mol. The van der Waals surface area contributed by atoms with Gasteiger partial charge in [0.05, 0.1) is 5.66 Å². The van der Waals surface area contributed by atoms with Crippen LogP contribution in [0.25, 0.3) is 0 Å². The standard InChI is InChI=1S/C15H24N2O/c1-12-5-6-13(4-3-9-18-2)10-14(12)11-17-15(16)7-8-15/h5-6,10,17H,3-4,7-9,11,16H2,1-2H3. The monoisotopic (exact) mass is 248 g/mol. The highest BCUT2D eigenvalue weighted by Gasteiger charge is 2.37. The van der Waals surface area contributed by atoms with Crippen LogP contribution in [-0.4, -0.2) is 19.4 Å². The van der Waals surface area contributed by atoms with Crippen LogP contribution in [-0.2, 0) is 17.7 Å². The SMILES string of the molecule is COCCCc1ccc(C)c(CNC2(N)CC2)c1. The third kappa shape index (κ3) is 3.80. The molecule has 100 valence electrons. The van der Waals surface area contributed by atoms with Gasteiger partial charge in [-0.25, -0.2) is 0 Å². The number of benzene rings is 1. The molecule has 1 aromatic rings. The van der Waals surface area contributed by atoms with Crippen molar-refractivity contribution in [2.45, 2.75) is 44.8 Å². The van der Waals surface area contributed by atoms with E-state index in [0.29, 0.717) is 0 Å². The molecular formula is C15H24N2O. The summed E-state index contributed by atoms with van der Waals surface area (Å²) in [5.41, 5.74) is 10.1. The summed E-state index contributed by atoms with van der Waals surface area (Å²) >= 11 is 0. The smallest absolute Gasteiger partial charge is 0.0666 e. The molecule has 0 spiro atoms. The highest BCUT2D eigenvalue weighted by atomic mass is 16.5. The highest BCUT2D eigenvalue weighted by Crippen LogP contribution is 2.29. The molecule has 1 fully saturated rings. The lowest BCUT2D eigenvalue weighted by atomic mass is 10.0. The molecule has 0 unspecified atom stereocenters. The quantitative estimate of drug-likeness (QED) is 0.574. The van der Waals surface area contributed by atoms with Gasteiger partial charge in [-0.3, -0.25) is 5.32 Å². The third-order valence-electron chi connectivity index (χ3n) is 3.65. The molecule has 0 heterocycles. The van der Waals surface area contributed by atoms with Crippen LogP contribution in [0.1, 0.15) is 36.0 Å². The summed E-state index contributed by atoms with van der Waals surface area (Å²) in [6, 6.07) is 6.71. The van der Waals surface area contributed by atoms with Crippen LogP contribution in [0.3, 0.4) is 0 Å². The first-order valence-electron chi connectivity index (χ1n) is 6.74. The summed E-state index contributed by atoms with van der Waals surface area (Å²) in [5.74, 6) is 0. The molecule has 1 aliphatic carbocycles. The Morgan fingerprint density at radius 2 is 2.17 bits per heavy atom. The fourth-order valence-corrected chi connectivity index (χ4v) is 2.07. The molecule has 3 nitrogen and oxygen atoms in total. The predicted molar refractivity (Wildman–Crippen MR) is 74.4 cm³/mol. The fourth-order valence-electron chi connectivity index (χ4n) is 2.07. The van der Waals surface area contributed by atoms with Gasteiger partial charge in [0.25, 0.3) is 0 Å². The summed E-state index contributed by atoms with van der Waals surface area (Å²) in [7, 11) is 1.75. The normalized spacial score (nSPS) is 16.8. The maximum atomic E-state index is 6.05. The van der Waals surface area contributed by atoms with Crippen LogP contribution < -0.4 is 11.1 Å². The first-order chi connectivity index (χ1) is 8.63. The van der Waals surface area contributed by atoms with Crippen molar-refractivity contribution in [3.05, 3.63) is 34.9 Å². The van der Waals surface area contributed by atoms with E-state index < -0.39 is 0 Å². The van der Waals surface area contributed by atoms with Crippen molar-refractivity contribution in [3.8, 4) is 0 Å². The van der Waals surface area contributed by atoms with Gasteiger partial charge >= 0.3 is 0 Å². The van der Waals surface area contributed by atoms with Crippen molar-refractivity contribution >= 4 is 0 Å². The summed E-state index contributed by atoms with van der Waals surface area (Å²) in [5, 5.41) is 3.44. The second kappa shape index (κ2) is 5.83. The molecule has 0 atom stereocenters. The lowest BCUT2D eigenvalue weighted by Crippen LogP contribution is -2.39. The molecule has 0 aromatic heterocycles. The number of ether oxygens (including phenoxy) is 1. The average molecular weight is 248 g/mol. The van der Waals surface area contributed by atoms with Crippen LogP contribution in [0, 0.1) is 6.92 Å². The number of nitrogens with two attached hydrogens (primary N) is 1. The molecule has 2 rings (SSSR count). The van der Waals surface area contributed by atoms with Gasteiger partial charge in [-0.05, 0) is 49.3 Å². The largest absolute Gasteiger partial charge is 0.385 e. The minimum atomic E-state index is -0.0848. The Balaban J connectivity index is 1.92. The van der Waals surface area contributed by atoms with Crippen molar-refractivity contribution in [3.63, 3.8) is 0 Å². The Bertz CT molecular complexity index is 399. The lowest BCUT2D eigenvalue weighted by molar-refractivity contribution is 0.195. The van der Waals surface area contributed by atoms with E-state index >= 15 is 0 Å². The average Bonchev–Trinajstić information content (AvgIpc) is 3.09. The number of methoxy groups -OCH3 is 1. The van der Waals surface area contributed by atoms with Crippen molar-refractivity contribution < 1.29 is 4.74 Å². The number of rotatable bonds is 7. The molecule has 3 N–H and O–H groups in total. The predicted octanol–water partition coefficient (Wildman–Crippen LogP) is 2.11. The zero-order valence-electron chi connectivity index (χ0n) is 11.5. The van der Waals surface area contributed by atoms with Crippen LogP contribution in [0.15, 0.2) is 18.2 Å². The van der Waals surface area contributed by atoms with E-state index in [9.17, 15) is 0 Å². The zero-order valence-corrected chi connectivity index (χ0v) is 11.5. The van der Waals surface area contributed by atoms with Crippen molar-refractivity contribution in [2.24, 2.45) is 5.73 Å². The van der Waals surface area contributed by atoms with Gasteiger partial charge in [-0.1, -0.05) is 18.2 Å². The molecule has 0 saturated heterocycles. The lowest BCUT2D eigenvalue weighted by Gasteiger charge is -2.14. The van der Waals surface area contributed by atoms with Crippen LogP contribution >= 0.6 is 0 Å². The summed E-state index contributed by atoms with van der Waals surface area (Å²) in [6.07, 6.45) is 4.35. The molecule has 0 amide bonds. The van der Waals surface area contributed by atoms with Gasteiger partial charge in [-0.2, -0.15) is 0 Å². The Kier molecular flexibility index (Phi) is 4.38. The Hall–Kier alpha value is -0.900. The Morgan fingerprint density at radius 3 is 2.83 bits per heavy atom. The van der Waals surface area contributed by atoms with Gasteiger partial charge < -0.3 is 10.5 Å². The van der Waals surface area contributed by atoms with E-state index in [0.717, 1.165) is 38.8 Å². The van der Waals surface area contributed by atoms with E-state index in [-0.39, 0.29) is 5.66 Å². The van der Waals surface area contributed by atoms with Gasteiger partial charge in [0, 0.05) is 20.3 Å². The van der Waals surface area contributed by atoms with Crippen LogP contribution in [0.5, 0.6) is 0 Å². The van der Waals surface area contributed by atoms with Crippen molar-refractivity contribution in [2.75, 3.05) is 13.7 Å². The highest BCUT2D eigenvalue weighted by molar-refractivity contribution is 5.31. The first kappa shape index (κ1) is 13.5. The summed E-state index contributed by atoms with van der Waals surface area (Å²) < 4.78 is 5.09. The summed E-state index contributed by atoms with van der Waals surface area (Å²) in [4.78, 5) is 0. The van der Waals surface area contributed by atoms with Gasteiger partial charge in [-0.15, -0.1) is 0 Å². The van der Waals surface area contributed by atoms with Gasteiger partial charge in [0.2, 0.25) is 0 Å². The van der Waals surface area contributed by atoms with Crippen molar-refractivity contribution in [1.29, 1.82) is 0 Å². The van der Waals surface area contributed by atoms with E-state index in [1.54, 1.807) is 7.11 Å². The third-order valence-corrected chi connectivity index (χ3v) is 3.65. The van der Waals surface area contributed by atoms with E-state index in [1.165, 1.54) is 16.7 Å². The van der Waals surface area contributed by atoms with Crippen molar-refractivity contribution in [1.82, 2.24) is 5.32 Å². The maximum absolute atomic E-state index is 6.05. The molecule has 0 aliphatic heterocycles. The second-order valence-corrected chi connectivity index (χ2v) is 5.37. The minimum absolute atomic E-state index is 0.0848. The Labute approximate surface area is 110 Å². The Morgan fingerprint density at radius 1 is 1.39 bits per heavy atom. The first-order valence-corrected chi connectivity index (χ1v) is 6.74. The second-order valence-electron chi connectivity index (χ2n) is 5.37. The minimum Gasteiger partial charge on any atom is -0.385 e. The maximum Gasteiger partial charge on any atom is 0.0666 e. The number of hydrogen-bond acceptors (Lipinski definition) is 3.